The van der Waals surface area contributed by atoms with E-state index in [0.717, 1.165) is 5.56 Å². The summed E-state index contributed by atoms with van der Waals surface area (Å²) in [6, 6.07) is 8.77. The van der Waals surface area contributed by atoms with E-state index in [1.54, 1.807) is 29.1 Å². The molecule has 35 heavy (non-hydrogen) atoms. The number of nitrogens with zero attached hydrogens (tertiary/aromatic N) is 5. The molecule has 10 nitrogen and oxygen atoms in total. The van der Waals surface area contributed by atoms with E-state index in [1.165, 1.54) is 16.8 Å². The lowest BCUT2D eigenvalue weighted by Crippen LogP contribution is -2.37. The van der Waals surface area contributed by atoms with Gasteiger partial charge < -0.3 is 9.73 Å². The van der Waals surface area contributed by atoms with E-state index in [2.05, 4.69) is 15.4 Å². The molecule has 1 aliphatic heterocycles. The fraction of sp³-hybridized carbons (Fsp3) is 0.391. The zero-order valence-electron chi connectivity index (χ0n) is 19.3. The second-order valence-corrected chi connectivity index (χ2v) is 11.0. The molecule has 1 aromatic carbocycles. The number of benzene rings is 1. The van der Waals surface area contributed by atoms with Gasteiger partial charge in [-0.05, 0) is 38.0 Å². The van der Waals surface area contributed by atoms with Crippen molar-refractivity contribution in [2.24, 2.45) is 0 Å². The van der Waals surface area contributed by atoms with Crippen LogP contribution >= 0.6 is 11.6 Å². The predicted molar refractivity (Wildman–Crippen MR) is 129 cm³/mol. The maximum Gasteiger partial charge on any atom is 0.273 e. The minimum absolute atomic E-state index is 0.0230. The standard InChI is InChI=1S/C23H25ClN6O4S/c1-15(13-29-8-7-20(28-29)17-3-4-18(12-25)19(24)11-17)26-22(31)21-14-34-23(27-21)16-5-9-30(10-6-16)35(2,32)33/h3-4,7-8,11,14-16H,5-6,9-10,13H2,1-2H3,(H,26,31). The zero-order chi connectivity index (χ0) is 25.2. The Morgan fingerprint density at radius 3 is 2.74 bits per heavy atom. The third-order valence-electron chi connectivity index (χ3n) is 5.89. The molecule has 4 rings (SSSR count). The van der Waals surface area contributed by atoms with Crippen LogP contribution in [0.2, 0.25) is 5.02 Å². The number of nitriles is 1. The zero-order valence-corrected chi connectivity index (χ0v) is 20.9. The van der Waals surface area contributed by atoms with Crippen LogP contribution in [0.1, 0.15) is 47.6 Å². The lowest BCUT2D eigenvalue weighted by atomic mass is 9.98. The smallest absolute Gasteiger partial charge is 0.273 e. The molecule has 1 atom stereocenters. The molecular formula is C23H25ClN6O4S. The van der Waals surface area contributed by atoms with Crippen LogP contribution in [0.25, 0.3) is 11.3 Å². The van der Waals surface area contributed by atoms with Gasteiger partial charge in [-0.2, -0.15) is 10.4 Å². The molecule has 0 aliphatic carbocycles. The van der Waals surface area contributed by atoms with Crippen molar-refractivity contribution >= 4 is 27.5 Å². The van der Waals surface area contributed by atoms with Crippen LogP contribution in [0, 0.1) is 11.3 Å². The molecule has 0 spiro atoms. The first-order valence-corrected chi connectivity index (χ1v) is 13.3. The average Bonchev–Trinajstić information content (AvgIpc) is 3.49. The number of oxazole rings is 1. The van der Waals surface area contributed by atoms with Gasteiger partial charge in [0, 0.05) is 36.8 Å². The summed E-state index contributed by atoms with van der Waals surface area (Å²) < 4.78 is 32.1. The number of carbonyl (C=O) groups excluding carboxylic acids is 1. The second-order valence-electron chi connectivity index (χ2n) is 8.61. The Hall–Kier alpha value is -3.20. The largest absolute Gasteiger partial charge is 0.448 e. The number of amides is 1. The van der Waals surface area contributed by atoms with E-state index in [-0.39, 0.29) is 23.6 Å². The number of halogens is 1. The van der Waals surface area contributed by atoms with Crippen LogP contribution in [0.5, 0.6) is 0 Å². The third kappa shape index (κ3) is 5.90. The topological polar surface area (TPSA) is 134 Å². The maximum atomic E-state index is 12.7. The molecule has 3 aromatic rings. The van der Waals surface area contributed by atoms with Gasteiger partial charge in [-0.15, -0.1) is 0 Å². The van der Waals surface area contributed by atoms with E-state index < -0.39 is 10.0 Å². The Labute approximate surface area is 208 Å². The number of aromatic nitrogens is 3. The number of piperidine rings is 1. The maximum absolute atomic E-state index is 12.7. The number of sulfonamides is 1. The molecule has 12 heteroatoms. The van der Waals surface area contributed by atoms with Crippen LogP contribution < -0.4 is 5.32 Å². The summed E-state index contributed by atoms with van der Waals surface area (Å²) >= 11 is 6.12. The molecule has 2 aromatic heterocycles. The molecule has 0 radical (unpaired) electrons. The first-order valence-electron chi connectivity index (χ1n) is 11.1. The summed E-state index contributed by atoms with van der Waals surface area (Å²) in [6.45, 7) is 3.11. The number of hydrogen-bond donors (Lipinski definition) is 1. The quantitative estimate of drug-likeness (QED) is 0.510. The van der Waals surface area contributed by atoms with E-state index in [9.17, 15) is 13.2 Å². The highest BCUT2D eigenvalue weighted by molar-refractivity contribution is 7.88. The SMILES string of the molecule is CC(Cn1ccc(-c2ccc(C#N)c(Cl)c2)n1)NC(=O)c1coc(C2CCN(S(C)(=O)=O)CC2)n1. The summed E-state index contributed by atoms with van der Waals surface area (Å²) in [5.74, 6) is 0.0753. The monoisotopic (exact) mass is 516 g/mol. The van der Waals surface area contributed by atoms with E-state index in [1.807, 2.05) is 19.1 Å². The lowest BCUT2D eigenvalue weighted by Gasteiger charge is -2.28. The highest BCUT2D eigenvalue weighted by Crippen LogP contribution is 2.28. The number of nitrogens with one attached hydrogen (secondary N) is 1. The Morgan fingerprint density at radius 1 is 1.34 bits per heavy atom. The molecule has 184 valence electrons. The molecule has 1 aliphatic rings. The molecule has 1 unspecified atom stereocenters. The Kier molecular flexibility index (Phi) is 7.25. The minimum Gasteiger partial charge on any atom is -0.448 e. The molecule has 1 N–H and O–H groups in total. The molecule has 0 saturated carbocycles. The van der Waals surface area contributed by atoms with Crippen LogP contribution in [0.15, 0.2) is 41.1 Å². The van der Waals surface area contributed by atoms with E-state index in [4.69, 9.17) is 21.3 Å². The summed E-state index contributed by atoms with van der Waals surface area (Å²) in [5.41, 5.74) is 2.09. The van der Waals surface area contributed by atoms with Gasteiger partial charge >= 0.3 is 0 Å². The van der Waals surface area contributed by atoms with Crippen LogP contribution in [-0.4, -0.2) is 58.8 Å². The van der Waals surface area contributed by atoms with Gasteiger partial charge in [0.05, 0.1) is 29.1 Å². The van der Waals surface area contributed by atoms with Gasteiger partial charge in [0.2, 0.25) is 10.0 Å². The molecule has 1 fully saturated rings. The fourth-order valence-electron chi connectivity index (χ4n) is 4.02. The number of hydrogen-bond acceptors (Lipinski definition) is 7. The van der Waals surface area contributed by atoms with Gasteiger partial charge in [-0.3, -0.25) is 9.48 Å². The first kappa shape index (κ1) is 24.9. The first-order chi connectivity index (χ1) is 16.6. The lowest BCUT2D eigenvalue weighted by molar-refractivity contribution is 0.0931. The van der Waals surface area contributed by atoms with Crippen molar-refractivity contribution in [3.8, 4) is 17.3 Å². The van der Waals surface area contributed by atoms with Gasteiger partial charge in [0.25, 0.3) is 5.91 Å². The van der Waals surface area contributed by atoms with Crippen molar-refractivity contribution < 1.29 is 17.6 Å². The van der Waals surface area contributed by atoms with E-state index >= 15 is 0 Å². The Balaban J connectivity index is 1.32. The molecule has 1 saturated heterocycles. The molecule has 1 amide bonds. The summed E-state index contributed by atoms with van der Waals surface area (Å²) in [4.78, 5) is 17.0. The van der Waals surface area contributed by atoms with E-state index in [0.29, 0.717) is 54.6 Å². The van der Waals surface area contributed by atoms with Crippen LogP contribution in [-0.2, 0) is 16.6 Å². The average molecular weight is 517 g/mol. The molecule has 0 bridgehead atoms. The fourth-order valence-corrected chi connectivity index (χ4v) is 5.12. The Bertz CT molecular complexity index is 1370. The second kappa shape index (κ2) is 10.2. The predicted octanol–water partition coefficient (Wildman–Crippen LogP) is 3.02. The van der Waals surface area contributed by atoms with Crippen molar-refractivity contribution in [2.75, 3.05) is 19.3 Å². The van der Waals surface area contributed by atoms with Gasteiger partial charge in [-0.25, -0.2) is 17.7 Å². The van der Waals surface area contributed by atoms with Crippen molar-refractivity contribution in [2.45, 2.75) is 38.3 Å². The van der Waals surface area contributed by atoms with Crippen molar-refractivity contribution in [3.63, 3.8) is 0 Å². The van der Waals surface area contributed by atoms with Crippen LogP contribution in [0.4, 0.5) is 0 Å². The van der Waals surface area contributed by atoms with Gasteiger partial charge in [0.15, 0.2) is 11.6 Å². The van der Waals surface area contributed by atoms with Crippen LogP contribution in [0.3, 0.4) is 0 Å². The normalized spacial score (nSPS) is 16.1. The highest BCUT2D eigenvalue weighted by atomic mass is 35.5. The van der Waals surface area contributed by atoms with Crippen molar-refractivity contribution in [1.29, 1.82) is 5.26 Å². The number of carbonyl (C=O) groups is 1. The molecular weight excluding hydrogens is 492 g/mol. The Morgan fingerprint density at radius 2 is 2.09 bits per heavy atom. The summed E-state index contributed by atoms with van der Waals surface area (Å²) in [7, 11) is -3.20. The minimum atomic E-state index is -3.20. The van der Waals surface area contributed by atoms with Crippen molar-refractivity contribution in [1.82, 2.24) is 24.4 Å². The van der Waals surface area contributed by atoms with Gasteiger partial charge in [-0.1, -0.05) is 17.7 Å². The third-order valence-corrected chi connectivity index (χ3v) is 7.51. The van der Waals surface area contributed by atoms with Crippen molar-refractivity contribution in [3.05, 3.63) is 58.9 Å². The molecule has 3 heterocycles. The highest BCUT2D eigenvalue weighted by Gasteiger charge is 2.29. The van der Waals surface area contributed by atoms with Gasteiger partial charge in [0.1, 0.15) is 12.3 Å². The summed E-state index contributed by atoms with van der Waals surface area (Å²) in [5, 5.41) is 16.8. The number of rotatable bonds is 7. The summed E-state index contributed by atoms with van der Waals surface area (Å²) in [6.07, 6.45) is 5.53.